The molecule has 0 aromatic heterocycles. The average molecular weight is 420 g/mol. The number of benzene rings is 3. The second-order valence-electron chi connectivity index (χ2n) is 6.87. The van der Waals surface area contributed by atoms with Gasteiger partial charge in [-0.15, -0.1) is 0 Å². The zero-order valence-electron chi connectivity index (χ0n) is 17.0. The van der Waals surface area contributed by atoms with Crippen molar-refractivity contribution in [2.75, 3.05) is 10.6 Å². The summed E-state index contributed by atoms with van der Waals surface area (Å²) < 4.78 is 18.7. The van der Waals surface area contributed by atoms with Gasteiger partial charge in [-0.1, -0.05) is 0 Å². The Kier molecular flexibility index (Phi) is 6.77. The number of anilines is 2. The van der Waals surface area contributed by atoms with Crippen molar-refractivity contribution in [3.8, 4) is 5.75 Å². The molecule has 7 heteroatoms. The molecule has 158 valence electrons. The maximum atomic E-state index is 13.0. The van der Waals surface area contributed by atoms with E-state index < -0.39 is 11.9 Å². The van der Waals surface area contributed by atoms with Crippen LogP contribution in [0.25, 0.3) is 0 Å². The van der Waals surface area contributed by atoms with E-state index in [4.69, 9.17) is 4.74 Å². The average Bonchev–Trinajstić information content (AvgIpc) is 2.75. The molecule has 0 fully saturated rings. The van der Waals surface area contributed by atoms with E-state index in [0.717, 1.165) is 0 Å². The van der Waals surface area contributed by atoms with Crippen LogP contribution in [0.1, 0.15) is 29.8 Å². The van der Waals surface area contributed by atoms with Gasteiger partial charge in [0.25, 0.3) is 5.91 Å². The number of ketones is 1. The van der Waals surface area contributed by atoms with E-state index >= 15 is 0 Å². The molecule has 0 aliphatic rings. The van der Waals surface area contributed by atoms with Crippen molar-refractivity contribution in [1.29, 1.82) is 0 Å². The molecular weight excluding hydrogens is 399 g/mol. The molecule has 2 N–H and O–H groups in total. The maximum absolute atomic E-state index is 13.0. The highest BCUT2D eigenvalue weighted by atomic mass is 19.1. The number of nitrogens with one attached hydrogen (secondary N) is 2. The van der Waals surface area contributed by atoms with Crippen LogP contribution in [0.4, 0.5) is 15.8 Å². The fourth-order valence-corrected chi connectivity index (χ4v) is 2.79. The minimum atomic E-state index is -0.784. The van der Waals surface area contributed by atoms with Crippen molar-refractivity contribution in [2.45, 2.75) is 20.0 Å². The third-order valence-electron chi connectivity index (χ3n) is 4.38. The number of halogens is 1. The summed E-state index contributed by atoms with van der Waals surface area (Å²) in [5.41, 5.74) is 2.00. The van der Waals surface area contributed by atoms with E-state index in [1.165, 1.54) is 31.2 Å². The Morgan fingerprint density at radius 3 is 1.77 bits per heavy atom. The Balaban J connectivity index is 1.57. The third kappa shape index (κ3) is 5.99. The number of hydrogen-bond acceptors (Lipinski definition) is 4. The third-order valence-corrected chi connectivity index (χ3v) is 4.38. The van der Waals surface area contributed by atoms with Crippen molar-refractivity contribution < 1.29 is 23.5 Å². The summed E-state index contributed by atoms with van der Waals surface area (Å²) in [6, 6.07) is 18.4. The van der Waals surface area contributed by atoms with Crippen LogP contribution in [0.2, 0.25) is 0 Å². The van der Waals surface area contributed by atoms with Gasteiger partial charge >= 0.3 is 0 Å². The van der Waals surface area contributed by atoms with Crippen LogP contribution >= 0.6 is 0 Å². The molecule has 0 aliphatic carbocycles. The van der Waals surface area contributed by atoms with E-state index in [1.807, 2.05) is 0 Å². The Hall–Kier alpha value is -4.00. The Bertz CT molecular complexity index is 1080. The molecule has 1 atom stereocenters. The minimum Gasteiger partial charge on any atom is -0.481 e. The number of amides is 2. The quantitative estimate of drug-likeness (QED) is 0.554. The summed E-state index contributed by atoms with van der Waals surface area (Å²) in [6.45, 7) is 3.03. The van der Waals surface area contributed by atoms with Gasteiger partial charge in [0.05, 0.1) is 0 Å². The molecule has 0 radical (unpaired) electrons. The highest BCUT2D eigenvalue weighted by Gasteiger charge is 2.16. The molecule has 6 nitrogen and oxygen atoms in total. The van der Waals surface area contributed by atoms with E-state index in [2.05, 4.69) is 10.6 Å². The van der Waals surface area contributed by atoms with Crippen LogP contribution in [0.15, 0.2) is 72.8 Å². The van der Waals surface area contributed by atoms with Gasteiger partial charge in [0, 0.05) is 29.4 Å². The van der Waals surface area contributed by atoms with Crippen molar-refractivity contribution in [2.24, 2.45) is 0 Å². The van der Waals surface area contributed by atoms with Gasteiger partial charge in [-0.3, -0.25) is 14.4 Å². The zero-order valence-corrected chi connectivity index (χ0v) is 17.0. The molecule has 3 aromatic rings. The highest BCUT2D eigenvalue weighted by molar-refractivity contribution is 6.09. The minimum absolute atomic E-state index is 0.177. The molecule has 2 amide bonds. The Morgan fingerprint density at radius 2 is 1.26 bits per heavy atom. The maximum Gasteiger partial charge on any atom is 0.265 e. The Labute approximate surface area is 179 Å². The number of carbonyl (C=O) groups excluding carboxylic acids is 3. The van der Waals surface area contributed by atoms with Crippen molar-refractivity contribution in [3.63, 3.8) is 0 Å². The van der Waals surface area contributed by atoms with Crippen LogP contribution in [-0.2, 0) is 9.59 Å². The molecule has 0 aliphatic heterocycles. The predicted octanol–water partition coefficient (Wildman–Crippen LogP) is 4.42. The first-order valence-electron chi connectivity index (χ1n) is 9.57. The van der Waals surface area contributed by atoms with Gasteiger partial charge in [-0.25, -0.2) is 4.39 Å². The first kappa shape index (κ1) is 21.7. The van der Waals surface area contributed by atoms with Crippen molar-refractivity contribution in [1.82, 2.24) is 0 Å². The largest absolute Gasteiger partial charge is 0.481 e. The fourth-order valence-electron chi connectivity index (χ4n) is 2.79. The van der Waals surface area contributed by atoms with Gasteiger partial charge in [0.2, 0.25) is 5.91 Å². The molecule has 0 spiro atoms. The number of carbonyl (C=O) groups is 3. The van der Waals surface area contributed by atoms with Crippen LogP contribution in [0, 0.1) is 5.82 Å². The van der Waals surface area contributed by atoms with Gasteiger partial charge in [0.1, 0.15) is 11.6 Å². The molecule has 31 heavy (non-hydrogen) atoms. The summed E-state index contributed by atoms with van der Waals surface area (Å²) in [7, 11) is 0. The molecule has 0 heterocycles. The first-order valence-corrected chi connectivity index (χ1v) is 9.57. The second kappa shape index (κ2) is 9.67. The van der Waals surface area contributed by atoms with Gasteiger partial charge in [-0.05, 0) is 79.7 Å². The summed E-state index contributed by atoms with van der Waals surface area (Å²) in [5.74, 6) is -0.737. The van der Waals surface area contributed by atoms with Crippen LogP contribution in [0.5, 0.6) is 5.75 Å². The fraction of sp³-hybridized carbons (Fsp3) is 0.125. The van der Waals surface area contributed by atoms with E-state index in [1.54, 1.807) is 55.5 Å². The molecule has 0 bridgehead atoms. The predicted molar refractivity (Wildman–Crippen MR) is 116 cm³/mol. The summed E-state index contributed by atoms with van der Waals surface area (Å²) in [4.78, 5) is 35.9. The molecular formula is C24H21FN2O4. The zero-order chi connectivity index (χ0) is 22.4. The molecule has 0 unspecified atom stereocenters. The van der Waals surface area contributed by atoms with Crippen LogP contribution < -0.4 is 15.4 Å². The number of rotatable bonds is 7. The first-order chi connectivity index (χ1) is 14.8. The lowest BCUT2D eigenvalue weighted by molar-refractivity contribution is -0.122. The highest BCUT2D eigenvalue weighted by Crippen LogP contribution is 2.18. The normalized spacial score (nSPS) is 11.3. The van der Waals surface area contributed by atoms with Gasteiger partial charge < -0.3 is 15.4 Å². The monoisotopic (exact) mass is 420 g/mol. The standard InChI is InChI=1S/C24H21FN2O4/c1-15(24(30)27-21-11-9-20(10-12-21)26-16(2)28)31-22-13-5-18(6-14-22)23(29)17-3-7-19(25)8-4-17/h3-15H,1-2H3,(H,26,28)(H,27,30)/t15-/m0/s1. The molecule has 3 aromatic carbocycles. The smallest absolute Gasteiger partial charge is 0.265 e. The topological polar surface area (TPSA) is 84.5 Å². The van der Waals surface area contributed by atoms with Crippen LogP contribution in [0.3, 0.4) is 0 Å². The molecule has 0 saturated carbocycles. The summed E-state index contributed by atoms with van der Waals surface area (Å²) >= 11 is 0. The lowest BCUT2D eigenvalue weighted by Crippen LogP contribution is -2.30. The van der Waals surface area contributed by atoms with Crippen molar-refractivity contribution >= 4 is 29.0 Å². The van der Waals surface area contributed by atoms with E-state index in [-0.39, 0.29) is 17.6 Å². The van der Waals surface area contributed by atoms with E-state index in [0.29, 0.717) is 28.3 Å². The number of ether oxygens (including phenoxy) is 1. The van der Waals surface area contributed by atoms with Gasteiger partial charge in [-0.2, -0.15) is 0 Å². The molecule has 0 saturated heterocycles. The number of hydrogen-bond donors (Lipinski definition) is 2. The second-order valence-corrected chi connectivity index (χ2v) is 6.87. The van der Waals surface area contributed by atoms with E-state index in [9.17, 15) is 18.8 Å². The SMILES string of the molecule is CC(=O)Nc1ccc(NC(=O)[C@H](C)Oc2ccc(C(=O)c3ccc(F)cc3)cc2)cc1. The summed E-state index contributed by atoms with van der Waals surface area (Å²) in [6.07, 6.45) is -0.784. The van der Waals surface area contributed by atoms with Crippen LogP contribution in [-0.4, -0.2) is 23.7 Å². The Morgan fingerprint density at radius 1 is 0.774 bits per heavy atom. The summed E-state index contributed by atoms with van der Waals surface area (Å²) in [5, 5.41) is 5.39. The lowest BCUT2D eigenvalue weighted by atomic mass is 10.0. The van der Waals surface area contributed by atoms with Gasteiger partial charge in [0.15, 0.2) is 11.9 Å². The lowest BCUT2D eigenvalue weighted by Gasteiger charge is -2.15. The van der Waals surface area contributed by atoms with Crippen molar-refractivity contribution in [3.05, 3.63) is 89.7 Å². The molecule has 3 rings (SSSR count).